The van der Waals surface area contributed by atoms with Gasteiger partial charge in [0.25, 0.3) is 0 Å². The Kier molecular flexibility index (Phi) is 3.12. The molecule has 4 heteroatoms. The summed E-state index contributed by atoms with van der Waals surface area (Å²) < 4.78 is 6.51. The molecule has 2 aromatic rings. The largest absolute Gasteiger partial charge is 0.493 e. The van der Waals surface area contributed by atoms with Crippen LogP contribution in [0.1, 0.15) is 6.92 Å². The molecule has 0 aliphatic heterocycles. The molecule has 0 aliphatic rings. The molecule has 0 saturated carbocycles. The molecule has 78 valence electrons. The van der Waals surface area contributed by atoms with Crippen molar-refractivity contribution >= 4 is 38.3 Å². The summed E-state index contributed by atoms with van der Waals surface area (Å²) in [4.78, 5) is 4.05. The molecular weight excluding hydrogens is 277 g/mol. The van der Waals surface area contributed by atoms with E-state index in [4.69, 9.17) is 16.3 Å². The number of hydrogen-bond acceptors (Lipinski definition) is 2. The third-order valence-corrected chi connectivity index (χ3v) is 2.97. The lowest BCUT2D eigenvalue weighted by Crippen LogP contribution is -1.93. The maximum absolute atomic E-state index is 5.86. The second kappa shape index (κ2) is 4.37. The van der Waals surface area contributed by atoms with Crippen LogP contribution in [0.4, 0.5) is 0 Å². The van der Waals surface area contributed by atoms with Gasteiger partial charge in [0.2, 0.25) is 0 Å². The Bertz CT molecular complexity index is 501. The van der Waals surface area contributed by atoms with Crippen LogP contribution in [0.3, 0.4) is 0 Å². The van der Waals surface area contributed by atoms with Crippen LogP contribution >= 0.6 is 27.5 Å². The predicted molar refractivity (Wildman–Crippen MR) is 65.6 cm³/mol. The fourth-order valence-corrected chi connectivity index (χ4v) is 2.04. The van der Waals surface area contributed by atoms with E-state index in [1.165, 1.54) is 0 Å². The fourth-order valence-electron chi connectivity index (χ4n) is 1.43. The average molecular weight is 287 g/mol. The monoisotopic (exact) mass is 285 g/mol. The van der Waals surface area contributed by atoms with Crippen LogP contribution in [-0.4, -0.2) is 11.6 Å². The van der Waals surface area contributed by atoms with E-state index in [2.05, 4.69) is 20.9 Å². The van der Waals surface area contributed by atoms with E-state index in [9.17, 15) is 0 Å². The molecule has 0 bridgehead atoms. The van der Waals surface area contributed by atoms with Gasteiger partial charge in [0.05, 0.1) is 6.61 Å². The van der Waals surface area contributed by atoms with E-state index in [0.29, 0.717) is 11.8 Å². The van der Waals surface area contributed by atoms with Crippen LogP contribution in [0.2, 0.25) is 5.15 Å². The Balaban J connectivity index is 2.72. The van der Waals surface area contributed by atoms with Gasteiger partial charge >= 0.3 is 0 Å². The minimum Gasteiger partial charge on any atom is -0.493 e. The fraction of sp³-hybridized carbons (Fsp3) is 0.182. The van der Waals surface area contributed by atoms with Gasteiger partial charge in [0, 0.05) is 21.4 Å². The summed E-state index contributed by atoms with van der Waals surface area (Å²) in [6.45, 7) is 2.59. The van der Waals surface area contributed by atoms with Crippen LogP contribution < -0.4 is 4.74 Å². The van der Waals surface area contributed by atoms with E-state index in [1.807, 2.05) is 25.1 Å². The smallest absolute Gasteiger partial charge is 0.129 e. The minimum absolute atomic E-state index is 0.474. The van der Waals surface area contributed by atoms with Crippen molar-refractivity contribution in [1.82, 2.24) is 4.98 Å². The summed E-state index contributed by atoms with van der Waals surface area (Å²) in [6, 6.07) is 5.68. The first-order valence-electron chi connectivity index (χ1n) is 4.59. The Morgan fingerprint density at radius 2 is 2.20 bits per heavy atom. The Labute approximate surface area is 101 Å². The summed E-state index contributed by atoms with van der Waals surface area (Å²) in [5.41, 5.74) is 0. The highest BCUT2D eigenvalue weighted by molar-refractivity contribution is 9.10. The zero-order chi connectivity index (χ0) is 10.8. The third-order valence-electron chi connectivity index (χ3n) is 2.07. The van der Waals surface area contributed by atoms with Gasteiger partial charge < -0.3 is 4.74 Å². The summed E-state index contributed by atoms with van der Waals surface area (Å²) in [5, 5.41) is 2.46. The Hall–Kier alpha value is -0.800. The first-order chi connectivity index (χ1) is 7.22. The topological polar surface area (TPSA) is 22.1 Å². The molecule has 0 aliphatic carbocycles. The minimum atomic E-state index is 0.474. The molecule has 0 spiro atoms. The van der Waals surface area contributed by atoms with Crippen molar-refractivity contribution in [2.24, 2.45) is 0 Å². The summed E-state index contributed by atoms with van der Waals surface area (Å²) >= 11 is 9.33. The molecule has 2 nitrogen and oxygen atoms in total. The lowest BCUT2D eigenvalue weighted by Gasteiger charge is -2.08. The second-order valence-electron chi connectivity index (χ2n) is 3.03. The van der Waals surface area contributed by atoms with Crippen molar-refractivity contribution in [3.05, 3.63) is 34.0 Å². The molecular formula is C11H9BrClNO. The lowest BCUT2D eigenvalue weighted by atomic mass is 10.1. The van der Waals surface area contributed by atoms with Gasteiger partial charge in [-0.25, -0.2) is 4.98 Å². The quantitative estimate of drug-likeness (QED) is 0.777. The van der Waals surface area contributed by atoms with E-state index < -0.39 is 0 Å². The summed E-state index contributed by atoms with van der Waals surface area (Å²) in [7, 11) is 0. The van der Waals surface area contributed by atoms with Crippen LogP contribution in [-0.2, 0) is 0 Å². The van der Waals surface area contributed by atoms with Gasteiger partial charge in [0.15, 0.2) is 0 Å². The molecule has 1 aromatic heterocycles. The van der Waals surface area contributed by atoms with E-state index in [-0.39, 0.29) is 0 Å². The molecule has 0 amide bonds. The van der Waals surface area contributed by atoms with Gasteiger partial charge in [-0.3, -0.25) is 0 Å². The van der Waals surface area contributed by atoms with Crippen LogP contribution in [0.5, 0.6) is 5.75 Å². The Morgan fingerprint density at radius 1 is 1.40 bits per heavy atom. The predicted octanol–water partition coefficient (Wildman–Crippen LogP) is 4.05. The van der Waals surface area contributed by atoms with Crippen molar-refractivity contribution in [2.75, 3.05) is 6.61 Å². The number of rotatable bonds is 2. The molecule has 2 rings (SSSR count). The molecule has 1 aromatic carbocycles. The molecule has 0 unspecified atom stereocenters. The first kappa shape index (κ1) is 10.7. The van der Waals surface area contributed by atoms with E-state index >= 15 is 0 Å². The van der Waals surface area contributed by atoms with Gasteiger partial charge in [0.1, 0.15) is 10.9 Å². The normalized spacial score (nSPS) is 10.6. The molecule has 0 saturated heterocycles. The number of aromatic nitrogens is 1. The van der Waals surface area contributed by atoms with Crippen molar-refractivity contribution in [1.29, 1.82) is 0 Å². The van der Waals surface area contributed by atoms with Crippen molar-refractivity contribution in [3.8, 4) is 5.75 Å². The molecule has 0 radical (unpaired) electrons. The molecule has 1 heterocycles. The van der Waals surface area contributed by atoms with Crippen LogP contribution in [0.25, 0.3) is 10.8 Å². The SMILES string of the molecule is CCOc1ccc(Br)c2cnc(Cl)cc12. The maximum Gasteiger partial charge on any atom is 0.129 e. The molecule has 0 N–H and O–H groups in total. The number of benzene rings is 1. The highest BCUT2D eigenvalue weighted by Gasteiger charge is 2.06. The molecule has 0 atom stereocenters. The van der Waals surface area contributed by atoms with E-state index in [0.717, 1.165) is 21.0 Å². The standard InChI is InChI=1S/C11H9BrClNO/c1-2-15-10-4-3-9(12)8-6-14-11(13)5-7(8)10/h3-6H,2H2,1H3. The van der Waals surface area contributed by atoms with Crippen molar-refractivity contribution in [2.45, 2.75) is 6.92 Å². The number of ether oxygens (including phenoxy) is 1. The third kappa shape index (κ3) is 2.08. The highest BCUT2D eigenvalue weighted by Crippen LogP contribution is 2.32. The van der Waals surface area contributed by atoms with Gasteiger partial charge in [-0.2, -0.15) is 0 Å². The van der Waals surface area contributed by atoms with E-state index in [1.54, 1.807) is 6.20 Å². The number of hydrogen-bond donors (Lipinski definition) is 0. The van der Waals surface area contributed by atoms with Gasteiger partial charge in [-0.05, 0) is 25.1 Å². The van der Waals surface area contributed by atoms with Crippen LogP contribution in [0.15, 0.2) is 28.9 Å². The Morgan fingerprint density at radius 3 is 2.93 bits per heavy atom. The maximum atomic E-state index is 5.86. The number of pyridine rings is 1. The van der Waals surface area contributed by atoms with Crippen LogP contribution in [0, 0.1) is 0 Å². The van der Waals surface area contributed by atoms with Crippen molar-refractivity contribution in [3.63, 3.8) is 0 Å². The number of fused-ring (bicyclic) bond motifs is 1. The molecule has 15 heavy (non-hydrogen) atoms. The zero-order valence-corrected chi connectivity index (χ0v) is 10.5. The van der Waals surface area contributed by atoms with Gasteiger partial charge in [-0.15, -0.1) is 0 Å². The number of nitrogens with zero attached hydrogens (tertiary/aromatic N) is 1. The van der Waals surface area contributed by atoms with Gasteiger partial charge in [-0.1, -0.05) is 27.5 Å². The summed E-state index contributed by atoms with van der Waals surface area (Å²) in [6.07, 6.45) is 1.74. The molecule has 0 fully saturated rings. The van der Waals surface area contributed by atoms with Crippen molar-refractivity contribution < 1.29 is 4.74 Å². The second-order valence-corrected chi connectivity index (χ2v) is 4.27. The highest BCUT2D eigenvalue weighted by atomic mass is 79.9. The first-order valence-corrected chi connectivity index (χ1v) is 5.76. The lowest BCUT2D eigenvalue weighted by molar-refractivity contribution is 0.344. The number of halogens is 2. The summed E-state index contributed by atoms with van der Waals surface area (Å²) in [5.74, 6) is 0.833. The zero-order valence-electron chi connectivity index (χ0n) is 8.13. The average Bonchev–Trinajstić information content (AvgIpc) is 2.22.